The van der Waals surface area contributed by atoms with Crippen molar-refractivity contribution < 1.29 is 19.0 Å². The molecule has 1 aliphatic heterocycles. The minimum Gasteiger partial charge on any atom is -0.497 e. The Balaban J connectivity index is 1.97. The van der Waals surface area contributed by atoms with Crippen molar-refractivity contribution in [3.05, 3.63) is 89.0 Å². The molecule has 0 saturated heterocycles. The number of rotatable bonds is 6. The molecule has 1 aliphatic rings. The highest BCUT2D eigenvalue weighted by Gasteiger charge is 2.33. The van der Waals surface area contributed by atoms with Crippen LogP contribution >= 0.6 is 27.3 Å². The Morgan fingerprint density at radius 3 is 2.62 bits per heavy atom. The van der Waals surface area contributed by atoms with E-state index in [1.165, 1.54) is 11.3 Å². The Kier molecular flexibility index (Phi) is 7.04. The van der Waals surface area contributed by atoms with Gasteiger partial charge in [0, 0.05) is 4.47 Å². The van der Waals surface area contributed by atoms with Crippen LogP contribution in [0, 0.1) is 0 Å². The molecule has 0 fully saturated rings. The molecule has 0 saturated carbocycles. The summed E-state index contributed by atoms with van der Waals surface area (Å²) in [6.45, 7) is 3.72. The Labute approximate surface area is 208 Å². The van der Waals surface area contributed by atoms with E-state index in [2.05, 4.69) is 20.9 Å². The maximum absolute atomic E-state index is 13.7. The minimum atomic E-state index is -0.693. The van der Waals surface area contributed by atoms with Gasteiger partial charge in [-0.2, -0.15) is 0 Å². The summed E-state index contributed by atoms with van der Waals surface area (Å²) < 4.78 is 18.9. The van der Waals surface area contributed by atoms with Gasteiger partial charge in [0.1, 0.15) is 11.5 Å². The molecular formula is C25H23BrN2O5S. The van der Waals surface area contributed by atoms with Gasteiger partial charge in [0.2, 0.25) is 0 Å². The second-order valence-corrected chi connectivity index (χ2v) is 9.33. The van der Waals surface area contributed by atoms with Gasteiger partial charge in [0.05, 0.1) is 42.7 Å². The third-order valence-electron chi connectivity index (χ3n) is 5.42. The topological polar surface area (TPSA) is 79.1 Å². The number of hydrogen-bond donors (Lipinski definition) is 0. The summed E-state index contributed by atoms with van der Waals surface area (Å²) in [4.78, 5) is 31.8. The maximum atomic E-state index is 13.7. The van der Waals surface area contributed by atoms with Gasteiger partial charge in [-0.3, -0.25) is 9.36 Å². The number of hydrogen-bond acceptors (Lipinski definition) is 7. The van der Waals surface area contributed by atoms with Gasteiger partial charge in [-0.25, -0.2) is 9.79 Å². The van der Waals surface area contributed by atoms with E-state index in [4.69, 9.17) is 14.2 Å². The summed E-state index contributed by atoms with van der Waals surface area (Å²) in [7, 11) is 3.17. The van der Waals surface area contributed by atoms with Crippen LogP contribution in [-0.4, -0.2) is 31.4 Å². The number of aromatic nitrogens is 1. The molecule has 2 heterocycles. The Morgan fingerprint density at radius 2 is 1.91 bits per heavy atom. The van der Waals surface area contributed by atoms with Crippen molar-refractivity contribution in [2.24, 2.45) is 4.99 Å². The van der Waals surface area contributed by atoms with Gasteiger partial charge in [-0.15, -0.1) is 0 Å². The van der Waals surface area contributed by atoms with E-state index in [0.717, 1.165) is 15.6 Å². The highest BCUT2D eigenvalue weighted by molar-refractivity contribution is 9.10. The van der Waals surface area contributed by atoms with Crippen LogP contribution in [0.25, 0.3) is 6.08 Å². The molecule has 2 aromatic carbocycles. The number of carbonyl (C=O) groups is 1. The van der Waals surface area contributed by atoms with Crippen molar-refractivity contribution in [3.63, 3.8) is 0 Å². The number of benzene rings is 2. The fourth-order valence-electron chi connectivity index (χ4n) is 3.82. The van der Waals surface area contributed by atoms with Gasteiger partial charge in [-0.1, -0.05) is 39.4 Å². The summed E-state index contributed by atoms with van der Waals surface area (Å²) in [5.41, 5.74) is 2.12. The highest BCUT2D eigenvalue weighted by atomic mass is 79.9. The zero-order chi connectivity index (χ0) is 24.4. The molecule has 34 heavy (non-hydrogen) atoms. The summed E-state index contributed by atoms with van der Waals surface area (Å²) in [5, 5.41) is 0. The number of ether oxygens (including phenoxy) is 3. The van der Waals surface area contributed by atoms with Crippen molar-refractivity contribution in [2.45, 2.75) is 19.9 Å². The predicted octanol–water partition coefficient (Wildman–Crippen LogP) is 3.58. The lowest BCUT2D eigenvalue weighted by atomic mass is 9.95. The summed E-state index contributed by atoms with van der Waals surface area (Å²) in [6, 6.07) is 12.2. The van der Waals surface area contributed by atoms with Gasteiger partial charge in [0.25, 0.3) is 5.56 Å². The van der Waals surface area contributed by atoms with Crippen molar-refractivity contribution >= 4 is 39.3 Å². The zero-order valence-corrected chi connectivity index (χ0v) is 21.5. The second-order valence-electron chi connectivity index (χ2n) is 7.47. The molecular weight excluding hydrogens is 520 g/mol. The molecule has 176 valence electrons. The van der Waals surface area contributed by atoms with Crippen LogP contribution in [0.15, 0.2) is 68.0 Å². The van der Waals surface area contributed by atoms with Crippen LogP contribution in [0.4, 0.5) is 0 Å². The van der Waals surface area contributed by atoms with Crippen molar-refractivity contribution in [1.29, 1.82) is 0 Å². The van der Waals surface area contributed by atoms with Gasteiger partial charge >= 0.3 is 5.97 Å². The zero-order valence-electron chi connectivity index (χ0n) is 19.1. The average molecular weight is 543 g/mol. The molecule has 0 spiro atoms. The first-order valence-electron chi connectivity index (χ1n) is 10.5. The first-order chi connectivity index (χ1) is 16.4. The predicted molar refractivity (Wildman–Crippen MR) is 134 cm³/mol. The number of methoxy groups -OCH3 is 2. The fourth-order valence-corrected chi connectivity index (χ4v) is 5.22. The Hall–Kier alpha value is -3.17. The number of esters is 1. The molecule has 1 aromatic heterocycles. The normalized spacial score (nSPS) is 15.6. The Bertz CT molecular complexity index is 1470. The molecule has 0 amide bonds. The van der Waals surface area contributed by atoms with E-state index < -0.39 is 12.0 Å². The number of fused-ring (bicyclic) bond motifs is 1. The first kappa shape index (κ1) is 24.0. The first-order valence-corrected chi connectivity index (χ1v) is 12.2. The van der Waals surface area contributed by atoms with E-state index in [9.17, 15) is 9.59 Å². The molecule has 3 aromatic rings. The minimum absolute atomic E-state index is 0.217. The van der Waals surface area contributed by atoms with Crippen LogP contribution in [0.2, 0.25) is 0 Å². The van der Waals surface area contributed by atoms with Crippen LogP contribution < -0.4 is 24.4 Å². The molecule has 0 radical (unpaired) electrons. The number of thiazole rings is 1. The second kappa shape index (κ2) is 9.99. The van der Waals surface area contributed by atoms with Gasteiger partial charge in [0.15, 0.2) is 4.80 Å². The van der Waals surface area contributed by atoms with Crippen molar-refractivity contribution in [1.82, 2.24) is 4.57 Å². The Morgan fingerprint density at radius 1 is 1.18 bits per heavy atom. The lowest BCUT2D eigenvalue weighted by Gasteiger charge is -2.25. The van der Waals surface area contributed by atoms with E-state index in [0.29, 0.717) is 32.1 Å². The molecule has 0 aliphatic carbocycles. The number of halogens is 1. The lowest BCUT2D eigenvalue weighted by molar-refractivity contribution is -0.139. The molecule has 1 unspecified atom stereocenters. The smallest absolute Gasteiger partial charge is 0.338 e. The van der Waals surface area contributed by atoms with Crippen LogP contribution in [0.5, 0.6) is 11.5 Å². The third kappa shape index (κ3) is 4.45. The van der Waals surface area contributed by atoms with Gasteiger partial charge < -0.3 is 14.2 Å². The third-order valence-corrected chi connectivity index (χ3v) is 7.12. The lowest BCUT2D eigenvalue weighted by Crippen LogP contribution is -2.39. The maximum Gasteiger partial charge on any atom is 0.338 e. The van der Waals surface area contributed by atoms with Crippen LogP contribution in [-0.2, 0) is 9.53 Å². The average Bonchev–Trinajstić information content (AvgIpc) is 3.14. The van der Waals surface area contributed by atoms with E-state index in [-0.39, 0.29) is 12.2 Å². The van der Waals surface area contributed by atoms with Crippen LogP contribution in [0.3, 0.4) is 0 Å². The van der Waals surface area contributed by atoms with Crippen molar-refractivity contribution in [3.8, 4) is 11.5 Å². The standard InChI is InChI=1S/C25H23BrN2O5S/c1-5-33-24(30)21-14(2)27-25-28(22(21)15-7-6-8-17(11-15)31-3)23(29)20(34-25)13-16-12-18(32-4)9-10-19(16)26/h6-13,22H,5H2,1-4H3/b20-13-. The monoisotopic (exact) mass is 542 g/mol. The summed E-state index contributed by atoms with van der Waals surface area (Å²) in [6.07, 6.45) is 1.79. The SMILES string of the molecule is CCOC(=O)C1=C(C)N=c2s/c(=C\c3cc(OC)ccc3Br)c(=O)n2C1c1cccc(OC)c1. The van der Waals surface area contributed by atoms with Gasteiger partial charge in [-0.05, 0) is 61.4 Å². The molecule has 0 N–H and O–H groups in total. The highest BCUT2D eigenvalue weighted by Crippen LogP contribution is 2.32. The van der Waals surface area contributed by atoms with E-state index >= 15 is 0 Å². The molecule has 7 nitrogen and oxygen atoms in total. The number of carbonyl (C=O) groups excluding carboxylic acids is 1. The molecule has 1 atom stereocenters. The summed E-state index contributed by atoms with van der Waals surface area (Å²) in [5.74, 6) is 0.802. The van der Waals surface area contributed by atoms with Crippen molar-refractivity contribution in [2.75, 3.05) is 20.8 Å². The quantitative estimate of drug-likeness (QED) is 0.445. The number of nitrogens with zero attached hydrogens (tertiary/aromatic N) is 2. The van der Waals surface area contributed by atoms with Crippen LogP contribution in [0.1, 0.15) is 31.0 Å². The molecule has 9 heteroatoms. The number of allylic oxidation sites excluding steroid dienone is 1. The van der Waals surface area contributed by atoms with E-state index in [1.54, 1.807) is 38.7 Å². The molecule has 4 rings (SSSR count). The van der Waals surface area contributed by atoms with E-state index in [1.807, 2.05) is 42.5 Å². The fraction of sp³-hybridized carbons (Fsp3) is 0.240. The largest absolute Gasteiger partial charge is 0.497 e. The summed E-state index contributed by atoms with van der Waals surface area (Å²) >= 11 is 4.80. The molecule has 0 bridgehead atoms.